The third-order valence-corrected chi connectivity index (χ3v) is 1.67. The zero-order chi connectivity index (χ0) is 7.56. The number of pyridine rings is 1. The number of rotatable bonds is 1. The van der Waals surface area contributed by atoms with Gasteiger partial charge in [-0.1, -0.05) is 26.1 Å². The first-order chi connectivity index (χ1) is 4.70. The van der Waals surface area contributed by atoms with Gasteiger partial charge in [0.2, 0.25) is 0 Å². The fraction of sp³-hybridized carbons (Fsp3) is 0.375. The van der Waals surface area contributed by atoms with Crippen molar-refractivity contribution in [2.75, 3.05) is 0 Å². The monoisotopic (exact) mass is 153 g/mol. The maximum atomic E-state index is 5.00. The van der Waals surface area contributed by atoms with E-state index in [0.29, 0.717) is 5.92 Å². The molecular weight excluding hydrogens is 142 g/mol. The van der Waals surface area contributed by atoms with Crippen LogP contribution in [-0.2, 0) is 0 Å². The van der Waals surface area contributed by atoms with Crippen LogP contribution in [0.3, 0.4) is 0 Å². The summed E-state index contributed by atoms with van der Waals surface area (Å²) >= 11 is 5.00. The van der Waals surface area contributed by atoms with Crippen LogP contribution in [0.15, 0.2) is 18.3 Å². The van der Waals surface area contributed by atoms with Crippen LogP contribution in [0.4, 0.5) is 0 Å². The topological polar surface area (TPSA) is 15.8 Å². The molecule has 1 N–H and O–H groups in total. The Kier molecular flexibility index (Phi) is 2.22. The van der Waals surface area contributed by atoms with E-state index in [1.54, 1.807) is 0 Å². The largest absolute Gasteiger partial charge is 0.365 e. The predicted molar refractivity (Wildman–Crippen MR) is 45.7 cm³/mol. The summed E-state index contributed by atoms with van der Waals surface area (Å²) in [6.07, 6.45) is 1.89. The van der Waals surface area contributed by atoms with Crippen LogP contribution in [0.25, 0.3) is 0 Å². The molecule has 2 heteroatoms. The van der Waals surface area contributed by atoms with Crippen LogP contribution in [0.5, 0.6) is 0 Å². The lowest BCUT2D eigenvalue weighted by Crippen LogP contribution is -1.89. The van der Waals surface area contributed by atoms with Gasteiger partial charge in [0.05, 0.1) is 0 Å². The van der Waals surface area contributed by atoms with E-state index in [9.17, 15) is 0 Å². The maximum absolute atomic E-state index is 5.00. The summed E-state index contributed by atoms with van der Waals surface area (Å²) < 4.78 is 0.905. The summed E-state index contributed by atoms with van der Waals surface area (Å²) in [5, 5.41) is 0. The van der Waals surface area contributed by atoms with Gasteiger partial charge in [-0.15, -0.1) is 0 Å². The van der Waals surface area contributed by atoms with Crippen molar-refractivity contribution in [2.24, 2.45) is 0 Å². The maximum Gasteiger partial charge on any atom is 0.0408 e. The molecule has 0 bridgehead atoms. The van der Waals surface area contributed by atoms with E-state index in [4.69, 9.17) is 12.2 Å². The molecule has 0 amide bonds. The lowest BCUT2D eigenvalue weighted by Gasteiger charge is -2.02. The first-order valence-corrected chi connectivity index (χ1v) is 3.79. The Hall–Kier alpha value is -0.630. The first-order valence-electron chi connectivity index (χ1n) is 3.39. The molecule has 1 heterocycles. The van der Waals surface area contributed by atoms with Crippen LogP contribution in [0.1, 0.15) is 25.5 Å². The standard InChI is InChI=1S/C8H11NS/c1-6(2)8-5-7(10)3-4-9-8/h3-6H,1-2H3,(H,9,10). The lowest BCUT2D eigenvalue weighted by molar-refractivity contribution is 0.822. The van der Waals surface area contributed by atoms with E-state index in [1.807, 2.05) is 18.3 Å². The van der Waals surface area contributed by atoms with Gasteiger partial charge >= 0.3 is 0 Å². The quantitative estimate of drug-likeness (QED) is 0.613. The number of nitrogens with one attached hydrogen (secondary N) is 1. The Morgan fingerprint density at radius 3 is 2.60 bits per heavy atom. The van der Waals surface area contributed by atoms with Gasteiger partial charge < -0.3 is 4.98 Å². The molecule has 1 aromatic rings. The van der Waals surface area contributed by atoms with Crippen LogP contribution in [-0.4, -0.2) is 4.98 Å². The normalized spacial score (nSPS) is 10.3. The minimum absolute atomic E-state index is 0.530. The Morgan fingerprint density at radius 2 is 2.20 bits per heavy atom. The number of aromatic nitrogens is 1. The molecule has 0 aromatic carbocycles. The van der Waals surface area contributed by atoms with Gasteiger partial charge in [0.15, 0.2) is 0 Å². The van der Waals surface area contributed by atoms with Gasteiger partial charge in [0.1, 0.15) is 0 Å². The predicted octanol–water partition coefficient (Wildman–Crippen LogP) is 2.87. The molecule has 0 aliphatic carbocycles. The average molecular weight is 153 g/mol. The molecule has 10 heavy (non-hydrogen) atoms. The van der Waals surface area contributed by atoms with Crippen molar-refractivity contribution in [3.05, 3.63) is 28.5 Å². The molecule has 1 rings (SSSR count). The minimum atomic E-state index is 0.530. The van der Waals surface area contributed by atoms with Crippen molar-refractivity contribution in [3.63, 3.8) is 0 Å². The van der Waals surface area contributed by atoms with Gasteiger partial charge in [0.25, 0.3) is 0 Å². The highest BCUT2D eigenvalue weighted by atomic mass is 32.1. The summed E-state index contributed by atoms with van der Waals surface area (Å²) in [7, 11) is 0. The molecule has 1 aromatic heterocycles. The SMILES string of the molecule is CC(C)c1cc(=S)cc[nH]1. The summed E-state index contributed by atoms with van der Waals surface area (Å²) in [6, 6.07) is 3.89. The summed E-state index contributed by atoms with van der Waals surface area (Å²) in [6.45, 7) is 4.28. The molecule has 0 saturated heterocycles. The van der Waals surface area contributed by atoms with Crippen molar-refractivity contribution < 1.29 is 0 Å². The smallest absolute Gasteiger partial charge is 0.0408 e. The van der Waals surface area contributed by atoms with Crippen molar-refractivity contribution in [1.82, 2.24) is 4.98 Å². The minimum Gasteiger partial charge on any atom is -0.365 e. The van der Waals surface area contributed by atoms with Gasteiger partial charge in [-0.25, -0.2) is 0 Å². The van der Waals surface area contributed by atoms with Crippen molar-refractivity contribution in [3.8, 4) is 0 Å². The number of aromatic amines is 1. The number of hydrogen-bond donors (Lipinski definition) is 1. The molecule has 1 nitrogen and oxygen atoms in total. The zero-order valence-corrected chi connectivity index (χ0v) is 7.03. The number of hydrogen-bond acceptors (Lipinski definition) is 1. The van der Waals surface area contributed by atoms with Gasteiger partial charge in [0, 0.05) is 16.4 Å². The van der Waals surface area contributed by atoms with Crippen molar-refractivity contribution in [1.29, 1.82) is 0 Å². The van der Waals surface area contributed by atoms with Crippen molar-refractivity contribution in [2.45, 2.75) is 19.8 Å². The molecule has 0 fully saturated rings. The Morgan fingerprint density at radius 1 is 1.50 bits per heavy atom. The van der Waals surface area contributed by atoms with E-state index in [2.05, 4.69) is 18.8 Å². The van der Waals surface area contributed by atoms with Crippen LogP contribution >= 0.6 is 12.2 Å². The number of H-pyrrole nitrogens is 1. The highest BCUT2D eigenvalue weighted by Crippen LogP contribution is 2.09. The second kappa shape index (κ2) is 2.97. The Bertz CT molecular complexity index is 262. The second-order valence-corrected chi connectivity index (χ2v) is 3.11. The zero-order valence-electron chi connectivity index (χ0n) is 6.22. The first kappa shape index (κ1) is 7.48. The fourth-order valence-electron chi connectivity index (χ4n) is 0.796. The molecule has 0 atom stereocenters. The van der Waals surface area contributed by atoms with Crippen LogP contribution < -0.4 is 0 Å². The summed E-state index contributed by atoms with van der Waals surface area (Å²) in [5.74, 6) is 0.530. The van der Waals surface area contributed by atoms with Crippen molar-refractivity contribution >= 4 is 12.2 Å². The van der Waals surface area contributed by atoms with E-state index in [-0.39, 0.29) is 0 Å². The molecule has 0 aliphatic rings. The van der Waals surface area contributed by atoms with Gasteiger partial charge in [-0.3, -0.25) is 0 Å². The third-order valence-electron chi connectivity index (χ3n) is 1.42. The molecule has 0 radical (unpaired) electrons. The fourth-order valence-corrected chi connectivity index (χ4v) is 0.991. The highest BCUT2D eigenvalue weighted by molar-refractivity contribution is 7.71. The molecule has 0 spiro atoms. The Balaban J connectivity index is 3.07. The van der Waals surface area contributed by atoms with Crippen LogP contribution in [0.2, 0.25) is 0 Å². The highest BCUT2D eigenvalue weighted by Gasteiger charge is 1.95. The second-order valence-electron chi connectivity index (χ2n) is 2.63. The average Bonchev–Trinajstić information content (AvgIpc) is 1.88. The molecular formula is C8H11NS. The van der Waals surface area contributed by atoms with E-state index in [0.717, 1.165) is 4.51 Å². The van der Waals surface area contributed by atoms with Gasteiger partial charge in [-0.2, -0.15) is 0 Å². The molecule has 0 saturated carbocycles. The van der Waals surface area contributed by atoms with E-state index in [1.165, 1.54) is 5.69 Å². The summed E-state index contributed by atoms with van der Waals surface area (Å²) in [5.41, 5.74) is 1.20. The summed E-state index contributed by atoms with van der Waals surface area (Å²) in [4.78, 5) is 3.14. The Labute approximate surface area is 66.1 Å². The van der Waals surface area contributed by atoms with E-state index >= 15 is 0 Å². The third kappa shape index (κ3) is 1.67. The lowest BCUT2D eigenvalue weighted by atomic mass is 10.1. The van der Waals surface area contributed by atoms with Gasteiger partial charge in [-0.05, 0) is 18.1 Å². The molecule has 54 valence electrons. The van der Waals surface area contributed by atoms with Crippen LogP contribution in [0, 0.1) is 4.51 Å². The molecule has 0 unspecified atom stereocenters. The molecule has 0 aliphatic heterocycles. The van der Waals surface area contributed by atoms with E-state index < -0.39 is 0 Å².